The number of fused-ring (bicyclic) bond motifs is 1. The summed E-state index contributed by atoms with van der Waals surface area (Å²) in [6, 6.07) is 11.5. The lowest BCUT2D eigenvalue weighted by molar-refractivity contribution is -0.274. The second-order valence-corrected chi connectivity index (χ2v) is 10.2. The summed E-state index contributed by atoms with van der Waals surface area (Å²) in [6.45, 7) is 9.40. The first-order valence-corrected chi connectivity index (χ1v) is 13.5. The Bertz CT molecular complexity index is 1280. The summed E-state index contributed by atoms with van der Waals surface area (Å²) in [5.74, 6) is 0.0220. The summed E-state index contributed by atoms with van der Waals surface area (Å²) >= 11 is 0. The third-order valence-corrected chi connectivity index (χ3v) is 6.38. The number of aliphatic hydroxyl groups is 1. The van der Waals surface area contributed by atoms with E-state index in [4.69, 9.17) is 13.9 Å². The lowest BCUT2D eigenvalue weighted by atomic mass is 10.0. The van der Waals surface area contributed by atoms with Gasteiger partial charge in [0.05, 0.1) is 18.3 Å². The molecule has 0 aliphatic rings. The molecule has 3 rings (SSSR count). The Morgan fingerprint density at radius 3 is 2.55 bits per heavy atom. The molecule has 0 saturated carbocycles. The van der Waals surface area contributed by atoms with E-state index in [1.54, 1.807) is 43.3 Å². The summed E-state index contributed by atoms with van der Waals surface area (Å²) in [7, 11) is 0. The van der Waals surface area contributed by atoms with E-state index in [2.05, 4.69) is 18.2 Å². The van der Waals surface area contributed by atoms with Gasteiger partial charge in [0.1, 0.15) is 29.4 Å². The van der Waals surface area contributed by atoms with Gasteiger partial charge in [0.25, 0.3) is 0 Å². The number of hydrogen-bond acceptors (Lipinski definition) is 6. The van der Waals surface area contributed by atoms with Crippen LogP contribution in [-0.4, -0.2) is 36.8 Å². The molecule has 2 aromatic carbocycles. The molecule has 0 fully saturated rings. The highest BCUT2D eigenvalue weighted by atomic mass is 19.4. The molecule has 218 valence electrons. The van der Waals surface area contributed by atoms with Crippen LogP contribution in [0.15, 0.2) is 59.0 Å². The fraction of sp³-hybridized carbons (Fsp3) is 0.452. The molecule has 2 atom stereocenters. The second kappa shape index (κ2) is 14.3. The molecular weight excluding hydrogens is 525 g/mol. The van der Waals surface area contributed by atoms with Crippen molar-refractivity contribution in [2.75, 3.05) is 13.2 Å². The van der Waals surface area contributed by atoms with Crippen molar-refractivity contribution < 1.29 is 41.7 Å². The maximum absolute atomic E-state index is 13.2. The zero-order valence-corrected chi connectivity index (χ0v) is 23.2. The second-order valence-electron chi connectivity index (χ2n) is 10.2. The van der Waals surface area contributed by atoms with Crippen LogP contribution in [0.4, 0.5) is 13.2 Å². The van der Waals surface area contributed by atoms with Gasteiger partial charge in [-0.15, -0.1) is 13.2 Å². The summed E-state index contributed by atoms with van der Waals surface area (Å²) < 4.78 is 60.6. The van der Waals surface area contributed by atoms with Gasteiger partial charge in [-0.1, -0.05) is 39.3 Å². The van der Waals surface area contributed by atoms with E-state index >= 15 is 0 Å². The van der Waals surface area contributed by atoms with Crippen molar-refractivity contribution in [3.05, 3.63) is 60.2 Å². The highest BCUT2D eigenvalue weighted by Crippen LogP contribution is 2.38. The number of rotatable bonds is 15. The highest BCUT2D eigenvalue weighted by Gasteiger charge is 2.33. The Morgan fingerprint density at radius 2 is 1.85 bits per heavy atom. The van der Waals surface area contributed by atoms with E-state index in [0.717, 1.165) is 24.8 Å². The van der Waals surface area contributed by atoms with Crippen molar-refractivity contribution in [3.8, 4) is 22.8 Å². The lowest BCUT2D eigenvalue weighted by Gasteiger charge is -2.16. The monoisotopic (exact) mass is 562 g/mol. The van der Waals surface area contributed by atoms with E-state index in [0.29, 0.717) is 41.6 Å². The van der Waals surface area contributed by atoms with Gasteiger partial charge in [-0.2, -0.15) is 0 Å². The minimum absolute atomic E-state index is 0.0421. The van der Waals surface area contributed by atoms with Gasteiger partial charge in [-0.3, -0.25) is 0 Å². The van der Waals surface area contributed by atoms with Crippen LogP contribution in [0.3, 0.4) is 0 Å². The SMILES string of the molecule is C=C(C)C(=O)OCC(C)CCC(O)COc1ccc2cc(-c3ccc(CCCCC)cc3OC(F)(F)F)oc2c1. The third kappa shape index (κ3) is 9.62. The molecule has 0 aliphatic carbocycles. The van der Waals surface area contributed by atoms with Crippen molar-refractivity contribution in [1.29, 1.82) is 0 Å². The molecule has 1 heterocycles. The predicted molar refractivity (Wildman–Crippen MR) is 147 cm³/mol. The van der Waals surface area contributed by atoms with E-state index in [9.17, 15) is 23.1 Å². The van der Waals surface area contributed by atoms with E-state index in [-0.39, 0.29) is 36.2 Å². The van der Waals surface area contributed by atoms with Gasteiger partial charge in [0.15, 0.2) is 0 Å². The standard InChI is InChI=1S/C31H37F3O6/c1-5-6-7-8-22-10-14-26(29(15-22)40-31(32,33)34)28-16-23-11-13-25(17-27(23)39-28)37-19-24(35)12-9-21(4)18-38-30(36)20(2)3/h10-11,13-17,21,24,35H,2,5-9,12,18-19H2,1,3-4H3. The highest BCUT2D eigenvalue weighted by molar-refractivity contribution is 5.87. The number of esters is 1. The molecular formula is C31H37F3O6. The molecule has 2 unspecified atom stereocenters. The van der Waals surface area contributed by atoms with Crippen LogP contribution in [0.2, 0.25) is 0 Å². The normalized spacial score (nSPS) is 13.2. The molecule has 1 aromatic heterocycles. The summed E-state index contributed by atoms with van der Waals surface area (Å²) in [5, 5.41) is 11.0. The van der Waals surface area contributed by atoms with E-state index in [1.165, 1.54) is 6.07 Å². The maximum atomic E-state index is 13.2. The van der Waals surface area contributed by atoms with Crippen LogP contribution in [0.5, 0.6) is 11.5 Å². The molecule has 0 radical (unpaired) electrons. The Labute approximate surface area is 232 Å². The number of benzene rings is 2. The van der Waals surface area contributed by atoms with Crippen LogP contribution in [0.1, 0.15) is 58.4 Å². The smallest absolute Gasteiger partial charge is 0.491 e. The lowest BCUT2D eigenvalue weighted by Crippen LogP contribution is -2.20. The molecule has 1 N–H and O–H groups in total. The number of alkyl halides is 3. The van der Waals surface area contributed by atoms with Gasteiger partial charge in [0, 0.05) is 17.0 Å². The molecule has 0 amide bonds. The van der Waals surface area contributed by atoms with Crippen molar-refractivity contribution >= 4 is 16.9 Å². The van der Waals surface area contributed by atoms with Crippen molar-refractivity contribution in [1.82, 2.24) is 0 Å². The average Bonchev–Trinajstić information content (AvgIpc) is 3.31. The number of unbranched alkanes of at least 4 members (excludes halogenated alkanes) is 2. The maximum Gasteiger partial charge on any atom is 0.573 e. The Morgan fingerprint density at radius 1 is 1.07 bits per heavy atom. The first-order chi connectivity index (χ1) is 18.9. The van der Waals surface area contributed by atoms with E-state index in [1.807, 2.05) is 6.92 Å². The quantitative estimate of drug-likeness (QED) is 0.115. The van der Waals surface area contributed by atoms with Gasteiger partial charge in [0.2, 0.25) is 0 Å². The minimum Gasteiger partial charge on any atom is -0.491 e. The van der Waals surface area contributed by atoms with Crippen molar-refractivity contribution in [2.24, 2.45) is 5.92 Å². The van der Waals surface area contributed by atoms with Crippen molar-refractivity contribution in [2.45, 2.75) is 71.8 Å². The topological polar surface area (TPSA) is 78.1 Å². The number of aryl methyl sites for hydroxylation is 1. The number of halogens is 3. The first kappa shape index (κ1) is 31.1. The first-order valence-electron chi connectivity index (χ1n) is 13.5. The van der Waals surface area contributed by atoms with Gasteiger partial charge in [-0.25, -0.2) is 4.79 Å². The summed E-state index contributed by atoms with van der Waals surface area (Å²) in [5.41, 5.74) is 1.74. The van der Waals surface area contributed by atoms with Gasteiger partial charge in [-0.05, 0) is 74.4 Å². The Kier molecular flexibility index (Phi) is 11.1. The zero-order chi connectivity index (χ0) is 29.3. The molecule has 6 nitrogen and oxygen atoms in total. The number of hydrogen-bond donors (Lipinski definition) is 1. The molecule has 0 spiro atoms. The van der Waals surface area contributed by atoms with Crippen LogP contribution in [0, 0.1) is 5.92 Å². The number of furan rings is 1. The molecule has 3 aromatic rings. The largest absolute Gasteiger partial charge is 0.573 e. The Hall–Kier alpha value is -3.46. The number of aliphatic hydroxyl groups excluding tert-OH is 1. The third-order valence-electron chi connectivity index (χ3n) is 6.38. The fourth-order valence-corrected chi connectivity index (χ4v) is 4.13. The van der Waals surface area contributed by atoms with Crippen LogP contribution in [0.25, 0.3) is 22.3 Å². The molecule has 0 bridgehead atoms. The van der Waals surface area contributed by atoms with E-state index < -0.39 is 18.4 Å². The number of carbonyl (C=O) groups is 1. The van der Waals surface area contributed by atoms with Crippen molar-refractivity contribution in [3.63, 3.8) is 0 Å². The van der Waals surface area contributed by atoms with Crippen LogP contribution in [-0.2, 0) is 16.0 Å². The molecule has 0 aliphatic heterocycles. The summed E-state index contributed by atoms with van der Waals surface area (Å²) in [4.78, 5) is 11.5. The van der Waals surface area contributed by atoms with Gasteiger partial charge < -0.3 is 23.7 Å². The van der Waals surface area contributed by atoms with Gasteiger partial charge >= 0.3 is 12.3 Å². The predicted octanol–water partition coefficient (Wildman–Crippen LogP) is 8.01. The molecule has 0 saturated heterocycles. The average molecular weight is 563 g/mol. The number of carbonyl (C=O) groups excluding carboxylic acids is 1. The van der Waals surface area contributed by atoms with Crippen LogP contribution >= 0.6 is 0 Å². The van der Waals surface area contributed by atoms with Crippen LogP contribution < -0.4 is 9.47 Å². The molecule has 40 heavy (non-hydrogen) atoms. The minimum atomic E-state index is -4.84. The fourth-order valence-electron chi connectivity index (χ4n) is 4.13. The zero-order valence-electron chi connectivity index (χ0n) is 23.2. The Balaban J connectivity index is 1.64. The summed E-state index contributed by atoms with van der Waals surface area (Å²) in [6.07, 6.45) is -0.930. The molecule has 9 heteroatoms. The number of ether oxygens (including phenoxy) is 3.